The Labute approximate surface area is 204 Å². The molecule has 190 valence electrons. The van der Waals surface area contributed by atoms with E-state index in [0.717, 1.165) is 22.1 Å². The third-order valence-electron chi connectivity index (χ3n) is 5.42. The van der Waals surface area contributed by atoms with Crippen molar-refractivity contribution < 1.29 is 40.6 Å². The zero-order chi connectivity index (χ0) is 26.0. The van der Waals surface area contributed by atoms with E-state index in [0.29, 0.717) is 16.8 Å². The maximum absolute atomic E-state index is 13.5. The Hall–Kier alpha value is -2.77. The van der Waals surface area contributed by atoms with Crippen molar-refractivity contribution in [2.75, 3.05) is 24.7 Å². The number of anilines is 2. The lowest BCUT2D eigenvalue weighted by molar-refractivity contribution is -0.137. The van der Waals surface area contributed by atoms with Gasteiger partial charge in [-0.3, -0.25) is 0 Å². The number of sulfonamides is 1. The normalized spacial score (nSPS) is 18.6. The molecule has 35 heavy (non-hydrogen) atoms. The van der Waals surface area contributed by atoms with Crippen molar-refractivity contribution in [2.24, 2.45) is 0 Å². The van der Waals surface area contributed by atoms with Crippen molar-refractivity contribution in [3.05, 3.63) is 54.6 Å². The molecular formula is C22H22F4N2O5S2. The Bertz CT molecular complexity index is 1220. The molecule has 0 saturated heterocycles. The molecule has 1 aliphatic rings. The fourth-order valence-corrected chi connectivity index (χ4v) is 5.70. The van der Waals surface area contributed by atoms with E-state index in [2.05, 4.69) is 0 Å². The minimum absolute atomic E-state index is 0.0512. The van der Waals surface area contributed by atoms with E-state index in [9.17, 15) is 30.8 Å². The van der Waals surface area contributed by atoms with Gasteiger partial charge in [0.1, 0.15) is 16.9 Å². The van der Waals surface area contributed by atoms with Crippen molar-refractivity contribution in [3.63, 3.8) is 0 Å². The van der Waals surface area contributed by atoms with Crippen LogP contribution >= 0.6 is 11.8 Å². The number of benzene rings is 2. The third kappa shape index (κ3) is 6.08. The lowest BCUT2D eigenvalue weighted by Gasteiger charge is -2.30. The second-order valence-electron chi connectivity index (χ2n) is 7.63. The summed E-state index contributed by atoms with van der Waals surface area (Å²) < 4.78 is 85.5. The number of carbonyl (C=O) groups is 1. The van der Waals surface area contributed by atoms with Crippen molar-refractivity contribution in [1.29, 1.82) is 0 Å². The Morgan fingerprint density at radius 2 is 1.91 bits per heavy atom. The van der Waals surface area contributed by atoms with Crippen molar-refractivity contribution in [1.82, 2.24) is 4.31 Å². The average Bonchev–Trinajstić information content (AvgIpc) is 2.88. The van der Waals surface area contributed by atoms with Gasteiger partial charge in [-0.2, -0.15) is 21.9 Å². The summed E-state index contributed by atoms with van der Waals surface area (Å²) in [4.78, 5) is 12.5. The summed E-state index contributed by atoms with van der Waals surface area (Å²) in [7, 11) is -3.10. The molecule has 0 aromatic heterocycles. The van der Waals surface area contributed by atoms with Crippen LogP contribution in [-0.4, -0.2) is 55.9 Å². The van der Waals surface area contributed by atoms with Gasteiger partial charge < -0.3 is 14.7 Å². The molecule has 0 radical (unpaired) electrons. The fourth-order valence-electron chi connectivity index (χ4n) is 3.60. The number of nitrogens with zero attached hydrogens (tertiary/aromatic N) is 2. The van der Waals surface area contributed by atoms with Gasteiger partial charge in [0.15, 0.2) is 0 Å². The lowest BCUT2D eigenvalue weighted by atomic mass is 10.1. The minimum Gasteiger partial charge on any atom is -0.476 e. The van der Waals surface area contributed by atoms with E-state index in [1.807, 2.05) is 0 Å². The van der Waals surface area contributed by atoms with Gasteiger partial charge in [-0.05, 0) is 30.9 Å². The van der Waals surface area contributed by atoms with Crippen LogP contribution in [0.25, 0.3) is 0 Å². The summed E-state index contributed by atoms with van der Waals surface area (Å²) in [5, 5.41) is 8.71. The van der Waals surface area contributed by atoms with Crippen molar-refractivity contribution >= 4 is 39.1 Å². The van der Waals surface area contributed by atoms with Crippen LogP contribution in [0.4, 0.5) is 28.9 Å². The minimum atomic E-state index is -4.46. The van der Waals surface area contributed by atoms with E-state index in [1.54, 1.807) is 41.5 Å². The first kappa shape index (κ1) is 26.8. The summed E-state index contributed by atoms with van der Waals surface area (Å²) in [5.41, 5.74) is 0.769. The second-order valence-corrected chi connectivity index (χ2v) is 10.4. The molecule has 0 aliphatic carbocycles. The number of rotatable bonds is 7. The SMILES string of the molecule is CSc1cc2c(cc1O/C=C(\F)C(=O)O)S(=O)(=O)N(C)C(CCC(F)(F)F)CN2c1ccccc1. The maximum Gasteiger partial charge on any atom is 0.389 e. The summed E-state index contributed by atoms with van der Waals surface area (Å²) in [6.07, 6.45) is -4.09. The first-order chi connectivity index (χ1) is 16.3. The number of carboxylic acid groups (broad SMARTS) is 1. The molecule has 0 saturated carbocycles. The number of hydrogen-bond acceptors (Lipinski definition) is 6. The number of alkyl halides is 3. The number of thioether (sulfide) groups is 1. The van der Waals surface area contributed by atoms with Gasteiger partial charge in [0.05, 0.1) is 10.6 Å². The van der Waals surface area contributed by atoms with Crippen molar-refractivity contribution in [2.45, 2.75) is 34.9 Å². The molecule has 1 N–H and O–H groups in total. The van der Waals surface area contributed by atoms with E-state index in [1.165, 1.54) is 13.1 Å². The maximum atomic E-state index is 13.5. The number of para-hydroxylation sites is 1. The highest BCUT2D eigenvalue weighted by atomic mass is 32.2. The lowest BCUT2D eigenvalue weighted by Crippen LogP contribution is -2.41. The van der Waals surface area contributed by atoms with Gasteiger partial charge in [-0.25, -0.2) is 13.2 Å². The molecular weight excluding hydrogens is 512 g/mol. The van der Waals surface area contributed by atoms with Gasteiger partial charge in [-0.15, -0.1) is 11.8 Å². The Morgan fingerprint density at radius 1 is 1.26 bits per heavy atom. The number of fused-ring (bicyclic) bond motifs is 1. The Morgan fingerprint density at radius 3 is 2.49 bits per heavy atom. The monoisotopic (exact) mass is 534 g/mol. The molecule has 1 unspecified atom stereocenters. The molecule has 0 bridgehead atoms. The first-order valence-electron chi connectivity index (χ1n) is 10.2. The highest BCUT2D eigenvalue weighted by molar-refractivity contribution is 7.98. The standard InChI is InChI=1S/C22H22F4N2O5S2/c1-27-15(8-9-22(24,25)26)12-28(14-6-4-3-5-7-14)17-10-19(34-2)18(11-20(17)35(27,31)32)33-13-16(23)21(29)30/h3-7,10-11,13,15H,8-9,12H2,1-2H3,(H,29,30)/b16-13-. The predicted octanol–water partition coefficient (Wildman–Crippen LogP) is 5.17. The van der Waals surface area contributed by atoms with Gasteiger partial charge >= 0.3 is 12.1 Å². The third-order valence-corrected chi connectivity index (χ3v) is 8.12. The van der Waals surface area contributed by atoms with Crippen LogP contribution in [0.5, 0.6) is 5.75 Å². The number of aliphatic carboxylic acids is 1. The van der Waals surface area contributed by atoms with Crippen LogP contribution in [0.1, 0.15) is 12.8 Å². The van der Waals surface area contributed by atoms with Crippen LogP contribution in [0.2, 0.25) is 0 Å². The zero-order valence-corrected chi connectivity index (χ0v) is 20.3. The van der Waals surface area contributed by atoms with Gasteiger partial charge in [0.25, 0.3) is 0 Å². The summed E-state index contributed by atoms with van der Waals surface area (Å²) in [5.74, 6) is -3.57. The van der Waals surface area contributed by atoms with Crippen molar-refractivity contribution in [3.8, 4) is 5.75 Å². The smallest absolute Gasteiger partial charge is 0.389 e. The van der Waals surface area contributed by atoms with E-state index in [4.69, 9.17) is 9.84 Å². The molecule has 2 aromatic carbocycles. The topological polar surface area (TPSA) is 87.1 Å². The Kier molecular flexibility index (Phi) is 8.02. The largest absolute Gasteiger partial charge is 0.476 e. The number of carboxylic acids is 1. The number of hydrogen-bond donors (Lipinski definition) is 1. The van der Waals surface area contributed by atoms with Crippen LogP contribution < -0.4 is 9.64 Å². The summed E-state index contributed by atoms with van der Waals surface area (Å²) in [6.45, 7) is -0.0512. The van der Waals surface area contributed by atoms with E-state index in [-0.39, 0.29) is 22.9 Å². The molecule has 0 spiro atoms. The molecule has 3 rings (SSSR count). The second kappa shape index (κ2) is 10.5. The molecule has 7 nitrogen and oxygen atoms in total. The predicted molar refractivity (Wildman–Crippen MR) is 123 cm³/mol. The Balaban J connectivity index is 2.19. The molecule has 0 amide bonds. The van der Waals surface area contributed by atoms with E-state index >= 15 is 0 Å². The number of halogens is 4. The molecule has 1 atom stereocenters. The molecule has 13 heteroatoms. The quantitative estimate of drug-likeness (QED) is 0.227. The first-order valence-corrected chi connectivity index (χ1v) is 12.9. The van der Waals surface area contributed by atoms with Crippen LogP contribution in [0.15, 0.2) is 64.3 Å². The highest BCUT2D eigenvalue weighted by Gasteiger charge is 2.39. The molecule has 1 aliphatic heterocycles. The molecule has 2 aromatic rings. The van der Waals surface area contributed by atoms with Gasteiger partial charge in [-0.1, -0.05) is 18.2 Å². The van der Waals surface area contributed by atoms with Crippen LogP contribution in [0, 0.1) is 0 Å². The van der Waals surface area contributed by atoms with E-state index < -0.39 is 46.9 Å². The van der Waals surface area contributed by atoms with Gasteiger partial charge in [0.2, 0.25) is 15.9 Å². The fraction of sp³-hybridized carbons (Fsp3) is 0.318. The number of likely N-dealkylation sites (N-methyl/N-ethyl adjacent to an activating group) is 1. The summed E-state index contributed by atoms with van der Waals surface area (Å²) in [6, 6.07) is 10.2. The van der Waals surface area contributed by atoms with Crippen LogP contribution in [-0.2, 0) is 14.8 Å². The summed E-state index contributed by atoms with van der Waals surface area (Å²) >= 11 is 1.14. The molecule has 1 heterocycles. The average molecular weight is 535 g/mol. The number of ether oxygens (including phenoxy) is 1. The highest BCUT2D eigenvalue weighted by Crippen LogP contribution is 2.43. The molecule has 0 fully saturated rings. The van der Waals surface area contributed by atoms with Gasteiger partial charge in [0, 0.05) is 37.8 Å². The zero-order valence-electron chi connectivity index (χ0n) is 18.6. The van der Waals surface area contributed by atoms with Crippen LogP contribution in [0.3, 0.4) is 0 Å².